The molecular formula is C23H38IN5O2. The number of primary amides is 1. The van der Waals surface area contributed by atoms with Crippen molar-refractivity contribution >= 4 is 35.8 Å². The Bertz CT molecular complexity index is 709. The predicted molar refractivity (Wildman–Crippen MR) is 136 cm³/mol. The minimum atomic E-state index is -0.218. The number of halogens is 1. The van der Waals surface area contributed by atoms with E-state index in [0.29, 0.717) is 12.3 Å². The number of piperidine rings is 1. The molecule has 174 valence electrons. The van der Waals surface area contributed by atoms with E-state index < -0.39 is 0 Å². The second kappa shape index (κ2) is 12.6. The van der Waals surface area contributed by atoms with Crippen LogP contribution in [0, 0.1) is 5.92 Å². The van der Waals surface area contributed by atoms with Crippen LogP contribution in [-0.4, -0.2) is 62.2 Å². The fraction of sp³-hybridized carbons (Fsp3) is 0.652. The Morgan fingerprint density at radius 2 is 2.03 bits per heavy atom. The molecule has 1 amide bonds. The van der Waals surface area contributed by atoms with Crippen molar-refractivity contribution in [1.82, 2.24) is 15.5 Å². The maximum atomic E-state index is 11.3. The van der Waals surface area contributed by atoms with Crippen molar-refractivity contribution in [3.8, 4) is 0 Å². The third kappa shape index (κ3) is 7.61. The third-order valence-corrected chi connectivity index (χ3v) is 6.38. The van der Waals surface area contributed by atoms with Crippen LogP contribution < -0.4 is 16.4 Å². The fourth-order valence-electron chi connectivity index (χ4n) is 4.71. The third-order valence-electron chi connectivity index (χ3n) is 6.38. The van der Waals surface area contributed by atoms with Gasteiger partial charge in [-0.25, -0.2) is 0 Å². The smallest absolute Gasteiger partial charge is 0.217 e. The highest BCUT2D eigenvalue weighted by molar-refractivity contribution is 14.0. The second-order valence-corrected chi connectivity index (χ2v) is 8.69. The summed E-state index contributed by atoms with van der Waals surface area (Å²) in [5.74, 6) is 0.998. The first-order valence-electron chi connectivity index (χ1n) is 11.2. The number of amides is 1. The van der Waals surface area contributed by atoms with E-state index in [1.54, 1.807) is 0 Å². The van der Waals surface area contributed by atoms with Gasteiger partial charge in [-0.05, 0) is 44.1 Å². The van der Waals surface area contributed by atoms with E-state index in [9.17, 15) is 4.79 Å². The molecule has 0 aromatic heterocycles. The number of hydrogen-bond donors (Lipinski definition) is 3. The van der Waals surface area contributed by atoms with E-state index in [2.05, 4.69) is 57.8 Å². The maximum absolute atomic E-state index is 11.3. The first kappa shape index (κ1) is 25.9. The molecule has 0 spiro atoms. The van der Waals surface area contributed by atoms with Gasteiger partial charge in [-0.2, -0.15) is 0 Å². The SMILES string of the molecule is CN=C(NCC1(NC(C)c2ccccc2)CCOCC1)N1CCCC(CC(N)=O)C1.I. The number of ether oxygens (including phenoxy) is 1. The van der Waals surface area contributed by atoms with Gasteiger partial charge in [0.2, 0.25) is 5.91 Å². The lowest BCUT2D eigenvalue weighted by Gasteiger charge is -2.42. The molecule has 4 N–H and O–H groups in total. The number of benzene rings is 1. The summed E-state index contributed by atoms with van der Waals surface area (Å²) < 4.78 is 5.66. The van der Waals surface area contributed by atoms with Crippen LogP contribution in [0.5, 0.6) is 0 Å². The van der Waals surface area contributed by atoms with Crippen molar-refractivity contribution in [3.63, 3.8) is 0 Å². The molecule has 0 radical (unpaired) electrons. The number of nitrogens with one attached hydrogen (secondary N) is 2. The molecule has 1 aromatic carbocycles. The van der Waals surface area contributed by atoms with Gasteiger partial charge in [0.1, 0.15) is 0 Å². The van der Waals surface area contributed by atoms with Crippen LogP contribution in [0.15, 0.2) is 35.3 Å². The van der Waals surface area contributed by atoms with Crippen molar-refractivity contribution in [2.45, 2.75) is 50.6 Å². The molecule has 2 fully saturated rings. The zero-order valence-corrected chi connectivity index (χ0v) is 21.1. The number of hydrogen-bond acceptors (Lipinski definition) is 4. The highest BCUT2D eigenvalue weighted by Gasteiger charge is 2.35. The lowest BCUT2D eigenvalue weighted by atomic mass is 9.88. The Morgan fingerprint density at radius 3 is 2.68 bits per heavy atom. The van der Waals surface area contributed by atoms with E-state index in [-0.39, 0.29) is 41.5 Å². The maximum Gasteiger partial charge on any atom is 0.217 e. The van der Waals surface area contributed by atoms with Crippen LogP contribution in [0.4, 0.5) is 0 Å². The Kier molecular flexibility index (Phi) is 10.5. The summed E-state index contributed by atoms with van der Waals surface area (Å²) in [5, 5.41) is 7.51. The number of guanidine groups is 1. The minimum absolute atomic E-state index is 0. The highest BCUT2D eigenvalue weighted by Crippen LogP contribution is 2.25. The number of aliphatic imine (C=N–C) groups is 1. The summed E-state index contributed by atoms with van der Waals surface area (Å²) in [7, 11) is 1.83. The van der Waals surface area contributed by atoms with Gasteiger partial charge in [-0.3, -0.25) is 9.79 Å². The van der Waals surface area contributed by atoms with Crippen molar-refractivity contribution < 1.29 is 9.53 Å². The Morgan fingerprint density at radius 1 is 1.32 bits per heavy atom. The molecule has 0 aliphatic carbocycles. The minimum Gasteiger partial charge on any atom is -0.381 e. The molecule has 0 saturated carbocycles. The predicted octanol–water partition coefficient (Wildman–Crippen LogP) is 2.67. The summed E-state index contributed by atoms with van der Waals surface area (Å²) in [6.07, 6.45) is 4.47. The fourth-order valence-corrected chi connectivity index (χ4v) is 4.71. The van der Waals surface area contributed by atoms with Crippen molar-refractivity contribution in [2.24, 2.45) is 16.6 Å². The van der Waals surface area contributed by atoms with Gasteiger partial charge in [0.05, 0.1) is 0 Å². The molecule has 2 aliphatic heterocycles. The molecule has 2 aliphatic rings. The summed E-state index contributed by atoms with van der Waals surface area (Å²) in [6, 6.07) is 10.8. The molecule has 3 rings (SSSR count). The van der Waals surface area contributed by atoms with Crippen LogP contribution in [-0.2, 0) is 9.53 Å². The van der Waals surface area contributed by atoms with E-state index in [1.807, 2.05) is 7.05 Å². The monoisotopic (exact) mass is 543 g/mol. The molecule has 8 heteroatoms. The Hall–Kier alpha value is -1.39. The molecular weight excluding hydrogens is 505 g/mol. The van der Waals surface area contributed by atoms with Gasteiger partial charge in [0, 0.05) is 57.9 Å². The number of likely N-dealkylation sites (tertiary alicyclic amines) is 1. The van der Waals surface area contributed by atoms with Gasteiger partial charge in [-0.15, -0.1) is 24.0 Å². The van der Waals surface area contributed by atoms with Crippen LogP contribution in [0.2, 0.25) is 0 Å². The zero-order chi connectivity index (χ0) is 21.4. The standard InChI is InChI=1S/C23H37N5O2.HI/c1-18(20-8-4-3-5-9-20)27-23(10-13-30-14-11-23)17-26-22(25-2)28-12-6-7-19(16-28)15-21(24)29;/h3-5,8-9,18-19,27H,6-7,10-17H2,1-2H3,(H2,24,29)(H,25,26);1H. The first-order valence-corrected chi connectivity index (χ1v) is 11.2. The average molecular weight is 543 g/mol. The van der Waals surface area contributed by atoms with Crippen LogP contribution in [0.3, 0.4) is 0 Å². The second-order valence-electron chi connectivity index (χ2n) is 8.69. The molecule has 2 atom stereocenters. The quantitative estimate of drug-likeness (QED) is 0.280. The highest BCUT2D eigenvalue weighted by atomic mass is 127. The van der Waals surface area contributed by atoms with Gasteiger partial charge in [0.25, 0.3) is 0 Å². The van der Waals surface area contributed by atoms with Gasteiger partial charge in [0.15, 0.2) is 5.96 Å². The lowest BCUT2D eigenvalue weighted by Crippen LogP contribution is -2.59. The number of carbonyl (C=O) groups excluding carboxylic acids is 1. The summed E-state index contributed by atoms with van der Waals surface area (Å²) in [5.41, 5.74) is 6.66. The zero-order valence-electron chi connectivity index (χ0n) is 18.8. The van der Waals surface area contributed by atoms with Crippen LogP contribution in [0.1, 0.15) is 50.6 Å². The van der Waals surface area contributed by atoms with Gasteiger partial charge < -0.3 is 26.0 Å². The molecule has 2 unspecified atom stereocenters. The van der Waals surface area contributed by atoms with E-state index in [4.69, 9.17) is 10.5 Å². The van der Waals surface area contributed by atoms with Crippen molar-refractivity contribution in [2.75, 3.05) is 39.9 Å². The Balaban J connectivity index is 0.00000341. The number of nitrogens with zero attached hydrogens (tertiary/aromatic N) is 2. The molecule has 2 saturated heterocycles. The van der Waals surface area contributed by atoms with E-state index in [0.717, 1.165) is 64.5 Å². The van der Waals surface area contributed by atoms with E-state index in [1.165, 1.54) is 5.56 Å². The number of nitrogens with two attached hydrogens (primary N) is 1. The van der Waals surface area contributed by atoms with Crippen LogP contribution >= 0.6 is 24.0 Å². The molecule has 2 heterocycles. The largest absolute Gasteiger partial charge is 0.381 e. The first-order chi connectivity index (χ1) is 14.5. The molecule has 1 aromatic rings. The summed E-state index contributed by atoms with van der Waals surface area (Å²) >= 11 is 0. The molecule has 7 nitrogen and oxygen atoms in total. The molecule has 31 heavy (non-hydrogen) atoms. The summed E-state index contributed by atoms with van der Waals surface area (Å²) in [4.78, 5) is 18.1. The van der Waals surface area contributed by atoms with Gasteiger partial charge >= 0.3 is 0 Å². The van der Waals surface area contributed by atoms with E-state index >= 15 is 0 Å². The average Bonchev–Trinajstić information content (AvgIpc) is 2.75. The number of rotatable bonds is 7. The normalized spacial score (nSPS) is 22.3. The van der Waals surface area contributed by atoms with Gasteiger partial charge in [-0.1, -0.05) is 30.3 Å². The Labute approximate surface area is 203 Å². The number of carbonyl (C=O) groups is 1. The summed E-state index contributed by atoms with van der Waals surface area (Å²) in [6.45, 7) is 6.32. The molecule has 0 bridgehead atoms. The van der Waals surface area contributed by atoms with Crippen LogP contribution in [0.25, 0.3) is 0 Å². The van der Waals surface area contributed by atoms with Crippen molar-refractivity contribution in [3.05, 3.63) is 35.9 Å². The van der Waals surface area contributed by atoms with Crippen molar-refractivity contribution in [1.29, 1.82) is 0 Å². The lowest BCUT2D eigenvalue weighted by molar-refractivity contribution is -0.119. The topological polar surface area (TPSA) is 92.0 Å².